The minimum absolute atomic E-state index is 0.128. The Morgan fingerprint density at radius 2 is 2.14 bits per heavy atom. The SMILES string of the molecule is Cc1c(C(=O)NC(CC(N)=O)C(=O)O)cnc2ncnn12. The van der Waals surface area contributed by atoms with Gasteiger partial charge in [-0.2, -0.15) is 10.1 Å². The topological polar surface area (TPSA) is 153 Å². The van der Waals surface area contributed by atoms with E-state index in [0.717, 1.165) is 0 Å². The lowest BCUT2D eigenvalue weighted by Crippen LogP contribution is -2.43. The number of nitrogens with zero attached hydrogens (tertiary/aromatic N) is 4. The highest BCUT2D eigenvalue weighted by Gasteiger charge is 2.24. The van der Waals surface area contributed by atoms with Gasteiger partial charge in [0.25, 0.3) is 11.7 Å². The first-order valence-corrected chi connectivity index (χ1v) is 5.87. The lowest BCUT2D eigenvalue weighted by atomic mass is 10.1. The van der Waals surface area contributed by atoms with Gasteiger partial charge in [0.1, 0.15) is 12.4 Å². The highest BCUT2D eigenvalue weighted by molar-refractivity contribution is 5.98. The second-order valence-electron chi connectivity index (χ2n) is 4.26. The first-order chi connectivity index (χ1) is 9.90. The molecule has 2 aromatic heterocycles. The maximum absolute atomic E-state index is 12.1. The summed E-state index contributed by atoms with van der Waals surface area (Å²) in [6.45, 7) is 1.61. The normalized spacial score (nSPS) is 12.0. The third-order valence-electron chi connectivity index (χ3n) is 2.80. The van der Waals surface area contributed by atoms with Crippen molar-refractivity contribution in [3.63, 3.8) is 0 Å². The van der Waals surface area contributed by atoms with Gasteiger partial charge < -0.3 is 16.2 Å². The van der Waals surface area contributed by atoms with Crippen LogP contribution in [0.25, 0.3) is 5.78 Å². The van der Waals surface area contributed by atoms with Gasteiger partial charge in [0.2, 0.25) is 5.91 Å². The van der Waals surface area contributed by atoms with Gasteiger partial charge in [0.15, 0.2) is 0 Å². The second-order valence-corrected chi connectivity index (χ2v) is 4.26. The van der Waals surface area contributed by atoms with Crippen LogP contribution in [0.3, 0.4) is 0 Å². The van der Waals surface area contributed by atoms with Crippen molar-refractivity contribution in [1.82, 2.24) is 24.9 Å². The van der Waals surface area contributed by atoms with Crippen LogP contribution in [0, 0.1) is 6.92 Å². The molecule has 0 fully saturated rings. The summed E-state index contributed by atoms with van der Waals surface area (Å²) in [5.41, 5.74) is 5.52. The van der Waals surface area contributed by atoms with Crippen LogP contribution in [0.1, 0.15) is 22.5 Å². The number of carboxylic acid groups (broad SMARTS) is 1. The minimum Gasteiger partial charge on any atom is -0.480 e. The Bertz CT molecular complexity index is 725. The molecule has 4 N–H and O–H groups in total. The first-order valence-electron chi connectivity index (χ1n) is 5.87. The van der Waals surface area contributed by atoms with Crippen molar-refractivity contribution in [2.75, 3.05) is 0 Å². The number of primary amides is 1. The molecule has 0 radical (unpaired) electrons. The van der Waals surface area contributed by atoms with E-state index in [1.807, 2.05) is 0 Å². The van der Waals surface area contributed by atoms with E-state index in [-0.39, 0.29) is 5.56 Å². The number of carbonyl (C=O) groups is 3. The van der Waals surface area contributed by atoms with E-state index < -0.39 is 30.2 Å². The number of hydrogen-bond donors (Lipinski definition) is 3. The molecule has 0 aliphatic carbocycles. The van der Waals surface area contributed by atoms with Crippen LogP contribution in [0.15, 0.2) is 12.5 Å². The summed E-state index contributed by atoms with van der Waals surface area (Å²) in [4.78, 5) is 41.7. The number of rotatable bonds is 5. The Morgan fingerprint density at radius 1 is 1.43 bits per heavy atom. The fraction of sp³-hybridized carbons (Fsp3) is 0.273. The molecule has 2 amide bonds. The summed E-state index contributed by atoms with van der Waals surface area (Å²) in [5.74, 6) is -2.55. The number of aliphatic carboxylic acids is 1. The van der Waals surface area contributed by atoms with Crippen LogP contribution in [0.4, 0.5) is 0 Å². The molecule has 10 heteroatoms. The summed E-state index contributed by atoms with van der Waals surface area (Å²) >= 11 is 0. The number of aryl methyl sites for hydroxylation is 1. The highest BCUT2D eigenvalue weighted by atomic mass is 16.4. The Kier molecular flexibility index (Phi) is 3.78. The fourth-order valence-corrected chi connectivity index (χ4v) is 1.75. The summed E-state index contributed by atoms with van der Waals surface area (Å²) in [5, 5.41) is 15.1. The van der Waals surface area contributed by atoms with Crippen LogP contribution < -0.4 is 11.1 Å². The Labute approximate surface area is 118 Å². The van der Waals surface area contributed by atoms with Crippen molar-refractivity contribution in [2.24, 2.45) is 5.73 Å². The number of carbonyl (C=O) groups excluding carboxylic acids is 2. The van der Waals surface area contributed by atoms with E-state index in [4.69, 9.17) is 10.8 Å². The standard InChI is InChI=1S/C11H12N6O4/c1-5-6(3-13-11-14-4-15-17(5)11)9(19)16-7(10(20)21)2-8(12)18/h3-4,7H,2H2,1H3,(H2,12,18)(H,16,19)(H,20,21). The molecule has 1 unspecified atom stereocenters. The van der Waals surface area contributed by atoms with E-state index in [9.17, 15) is 14.4 Å². The van der Waals surface area contributed by atoms with Crippen LogP contribution >= 0.6 is 0 Å². The minimum atomic E-state index is -1.40. The quantitative estimate of drug-likeness (QED) is 0.605. The van der Waals surface area contributed by atoms with Crippen LogP contribution in [0.5, 0.6) is 0 Å². The zero-order valence-corrected chi connectivity index (χ0v) is 11.0. The molecule has 2 rings (SSSR count). The molecule has 10 nitrogen and oxygen atoms in total. The van der Waals surface area contributed by atoms with Crippen molar-refractivity contribution in [1.29, 1.82) is 0 Å². The van der Waals surface area contributed by atoms with Gasteiger partial charge >= 0.3 is 5.97 Å². The third-order valence-corrected chi connectivity index (χ3v) is 2.80. The number of aromatic nitrogens is 4. The fourth-order valence-electron chi connectivity index (χ4n) is 1.75. The molecule has 0 saturated carbocycles. The molecule has 0 bridgehead atoms. The summed E-state index contributed by atoms with van der Waals surface area (Å²) < 4.78 is 1.35. The van der Waals surface area contributed by atoms with Crippen molar-refractivity contribution in [3.05, 3.63) is 23.8 Å². The first kappa shape index (κ1) is 14.4. The van der Waals surface area contributed by atoms with Crippen molar-refractivity contribution >= 4 is 23.6 Å². The van der Waals surface area contributed by atoms with E-state index in [2.05, 4.69) is 20.4 Å². The molecule has 110 valence electrons. The average molecular weight is 292 g/mol. The zero-order valence-electron chi connectivity index (χ0n) is 11.0. The number of nitrogens with one attached hydrogen (secondary N) is 1. The number of carboxylic acids is 1. The second kappa shape index (κ2) is 5.53. The number of nitrogens with two attached hydrogens (primary N) is 1. The van der Waals surface area contributed by atoms with Gasteiger partial charge in [-0.25, -0.2) is 14.3 Å². The predicted molar refractivity (Wildman–Crippen MR) is 68.2 cm³/mol. The van der Waals surface area contributed by atoms with Gasteiger partial charge in [-0.3, -0.25) is 9.59 Å². The van der Waals surface area contributed by atoms with Crippen LogP contribution in [0.2, 0.25) is 0 Å². The molecule has 0 aromatic carbocycles. The Hall–Kier alpha value is -3.04. The molecule has 2 heterocycles. The third kappa shape index (κ3) is 2.94. The highest BCUT2D eigenvalue weighted by Crippen LogP contribution is 2.08. The van der Waals surface area contributed by atoms with Crippen LogP contribution in [-0.4, -0.2) is 48.5 Å². The van der Waals surface area contributed by atoms with Crippen molar-refractivity contribution in [2.45, 2.75) is 19.4 Å². The van der Waals surface area contributed by atoms with Gasteiger partial charge in [-0.05, 0) is 6.92 Å². The molecule has 0 aliphatic rings. The predicted octanol–water partition coefficient (Wildman–Crippen LogP) is -1.51. The maximum Gasteiger partial charge on any atom is 0.326 e. The van der Waals surface area contributed by atoms with E-state index >= 15 is 0 Å². The average Bonchev–Trinajstić information content (AvgIpc) is 2.86. The van der Waals surface area contributed by atoms with E-state index in [1.54, 1.807) is 6.92 Å². The molecule has 0 spiro atoms. The monoisotopic (exact) mass is 292 g/mol. The molecule has 2 aromatic rings. The molecular weight excluding hydrogens is 280 g/mol. The van der Waals surface area contributed by atoms with Gasteiger partial charge in [0, 0.05) is 6.20 Å². The van der Waals surface area contributed by atoms with Crippen LogP contribution in [-0.2, 0) is 9.59 Å². The van der Waals surface area contributed by atoms with E-state index in [0.29, 0.717) is 11.5 Å². The summed E-state index contributed by atoms with van der Waals surface area (Å²) in [6.07, 6.45) is 2.04. The summed E-state index contributed by atoms with van der Waals surface area (Å²) in [6, 6.07) is -1.40. The summed E-state index contributed by atoms with van der Waals surface area (Å²) in [7, 11) is 0. The van der Waals surface area contributed by atoms with Crippen molar-refractivity contribution < 1.29 is 19.5 Å². The van der Waals surface area contributed by atoms with E-state index in [1.165, 1.54) is 17.0 Å². The van der Waals surface area contributed by atoms with Gasteiger partial charge in [-0.1, -0.05) is 0 Å². The van der Waals surface area contributed by atoms with Gasteiger partial charge in [-0.15, -0.1) is 0 Å². The number of hydrogen-bond acceptors (Lipinski definition) is 6. The number of amides is 2. The smallest absolute Gasteiger partial charge is 0.326 e. The molecule has 21 heavy (non-hydrogen) atoms. The number of fused-ring (bicyclic) bond motifs is 1. The Morgan fingerprint density at radius 3 is 2.76 bits per heavy atom. The van der Waals surface area contributed by atoms with Crippen molar-refractivity contribution in [3.8, 4) is 0 Å². The maximum atomic E-state index is 12.1. The van der Waals surface area contributed by atoms with Gasteiger partial charge in [0.05, 0.1) is 17.7 Å². The Balaban J connectivity index is 2.26. The molecule has 0 saturated heterocycles. The zero-order chi connectivity index (χ0) is 15.6. The molecule has 1 atom stereocenters. The lowest BCUT2D eigenvalue weighted by molar-refractivity contribution is -0.140. The largest absolute Gasteiger partial charge is 0.480 e. The lowest BCUT2D eigenvalue weighted by Gasteiger charge is -2.13. The molecule has 0 aliphatic heterocycles. The molecular formula is C11H12N6O4.